The van der Waals surface area contributed by atoms with Crippen molar-refractivity contribution in [2.24, 2.45) is 0 Å². The Balaban J connectivity index is 2.12. The fourth-order valence-corrected chi connectivity index (χ4v) is 2.36. The van der Waals surface area contributed by atoms with Gasteiger partial charge in [0, 0.05) is 12.2 Å². The second-order valence-corrected chi connectivity index (χ2v) is 4.51. The van der Waals surface area contributed by atoms with E-state index >= 15 is 0 Å². The molecule has 0 spiro atoms. The minimum absolute atomic E-state index is 0.181. The smallest absolute Gasteiger partial charge is 0.123 e. The lowest BCUT2D eigenvalue weighted by Crippen LogP contribution is -1.91. The molecule has 0 aliphatic carbocycles. The first-order chi connectivity index (χ1) is 8.24. The summed E-state index contributed by atoms with van der Waals surface area (Å²) in [5.41, 5.74) is 5.69. The van der Waals surface area contributed by atoms with Gasteiger partial charge in [0.1, 0.15) is 5.82 Å². The predicted octanol–water partition coefficient (Wildman–Crippen LogP) is 3.77. The van der Waals surface area contributed by atoms with Crippen molar-refractivity contribution in [2.45, 2.75) is 13.3 Å². The minimum Gasteiger partial charge on any atom is -0.384 e. The summed E-state index contributed by atoms with van der Waals surface area (Å²) >= 11 is 0. The summed E-state index contributed by atoms with van der Waals surface area (Å²) in [6, 6.07) is 11.3. The van der Waals surface area contributed by atoms with Gasteiger partial charge in [0.15, 0.2) is 0 Å². The van der Waals surface area contributed by atoms with Crippen molar-refractivity contribution in [3.05, 3.63) is 53.3 Å². The van der Waals surface area contributed by atoms with Gasteiger partial charge in [-0.25, -0.2) is 4.39 Å². The average molecular weight is 227 g/mol. The van der Waals surface area contributed by atoms with Gasteiger partial charge >= 0.3 is 0 Å². The lowest BCUT2D eigenvalue weighted by atomic mass is 9.98. The van der Waals surface area contributed by atoms with Crippen LogP contribution >= 0.6 is 0 Å². The molecule has 1 N–H and O–H groups in total. The van der Waals surface area contributed by atoms with E-state index in [2.05, 4.69) is 23.5 Å². The predicted molar refractivity (Wildman–Crippen MR) is 68.8 cm³/mol. The number of hydrogen-bond donors (Lipinski definition) is 1. The monoisotopic (exact) mass is 227 g/mol. The molecule has 2 aromatic rings. The number of halogens is 1. The quantitative estimate of drug-likeness (QED) is 0.782. The highest BCUT2D eigenvalue weighted by atomic mass is 19.1. The zero-order valence-electron chi connectivity index (χ0n) is 9.76. The standard InChI is InChI=1S/C15H14FN/c1-10-2-5-13(16)9-14(10)12-4-3-11-6-7-17-15(11)8-12/h2-5,8-9,17H,6-7H2,1H3. The van der Waals surface area contributed by atoms with Crippen LogP contribution in [0.25, 0.3) is 11.1 Å². The zero-order valence-corrected chi connectivity index (χ0v) is 9.76. The van der Waals surface area contributed by atoms with Crippen molar-refractivity contribution in [1.82, 2.24) is 0 Å². The van der Waals surface area contributed by atoms with Crippen molar-refractivity contribution in [1.29, 1.82) is 0 Å². The fourth-order valence-electron chi connectivity index (χ4n) is 2.36. The van der Waals surface area contributed by atoms with Crippen LogP contribution in [0.3, 0.4) is 0 Å². The summed E-state index contributed by atoms with van der Waals surface area (Å²) < 4.78 is 13.3. The van der Waals surface area contributed by atoms with Gasteiger partial charge in [-0.15, -0.1) is 0 Å². The van der Waals surface area contributed by atoms with Crippen LogP contribution in [0.5, 0.6) is 0 Å². The SMILES string of the molecule is Cc1ccc(F)cc1-c1ccc2c(c1)NCC2. The highest BCUT2D eigenvalue weighted by Gasteiger charge is 2.11. The van der Waals surface area contributed by atoms with Gasteiger partial charge in [-0.2, -0.15) is 0 Å². The number of aryl methyl sites for hydroxylation is 1. The summed E-state index contributed by atoms with van der Waals surface area (Å²) in [4.78, 5) is 0. The summed E-state index contributed by atoms with van der Waals surface area (Å²) in [6.07, 6.45) is 1.08. The molecule has 0 amide bonds. The van der Waals surface area contributed by atoms with Crippen LogP contribution in [0.2, 0.25) is 0 Å². The number of hydrogen-bond acceptors (Lipinski definition) is 1. The maximum atomic E-state index is 13.3. The topological polar surface area (TPSA) is 12.0 Å². The molecular weight excluding hydrogens is 213 g/mol. The first kappa shape index (κ1) is 10.3. The average Bonchev–Trinajstić information content (AvgIpc) is 2.79. The summed E-state index contributed by atoms with van der Waals surface area (Å²) in [7, 11) is 0. The summed E-state index contributed by atoms with van der Waals surface area (Å²) in [6.45, 7) is 3.01. The van der Waals surface area contributed by atoms with Crippen molar-refractivity contribution < 1.29 is 4.39 Å². The molecule has 3 rings (SSSR count). The molecule has 1 nitrogen and oxygen atoms in total. The summed E-state index contributed by atoms with van der Waals surface area (Å²) in [5, 5.41) is 3.35. The van der Waals surface area contributed by atoms with E-state index in [1.165, 1.54) is 17.3 Å². The first-order valence-electron chi connectivity index (χ1n) is 5.87. The Morgan fingerprint density at radius 2 is 2.00 bits per heavy atom. The molecule has 2 aromatic carbocycles. The van der Waals surface area contributed by atoms with E-state index in [-0.39, 0.29) is 5.82 Å². The van der Waals surface area contributed by atoms with Crippen LogP contribution < -0.4 is 5.32 Å². The Hall–Kier alpha value is -1.83. The van der Waals surface area contributed by atoms with E-state index in [1.807, 2.05) is 13.0 Å². The molecule has 1 heterocycles. The van der Waals surface area contributed by atoms with Crippen molar-refractivity contribution in [2.75, 3.05) is 11.9 Å². The van der Waals surface area contributed by atoms with Gasteiger partial charge in [-0.05, 0) is 53.8 Å². The van der Waals surface area contributed by atoms with Crippen molar-refractivity contribution in [3.63, 3.8) is 0 Å². The number of rotatable bonds is 1. The normalized spacial score (nSPS) is 13.3. The van der Waals surface area contributed by atoms with E-state index in [4.69, 9.17) is 0 Å². The highest BCUT2D eigenvalue weighted by Crippen LogP contribution is 2.30. The number of fused-ring (bicyclic) bond motifs is 1. The number of anilines is 1. The second-order valence-electron chi connectivity index (χ2n) is 4.51. The van der Waals surface area contributed by atoms with Gasteiger partial charge in [-0.3, -0.25) is 0 Å². The lowest BCUT2D eigenvalue weighted by Gasteiger charge is -2.08. The third kappa shape index (κ3) is 1.80. The van der Waals surface area contributed by atoms with Gasteiger partial charge in [0.25, 0.3) is 0 Å². The van der Waals surface area contributed by atoms with Crippen LogP contribution in [0, 0.1) is 12.7 Å². The molecule has 2 heteroatoms. The molecule has 0 saturated heterocycles. The lowest BCUT2D eigenvalue weighted by molar-refractivity contribution is 0.628. The maximum absolute atomic E-state index is 13.3. The van der Waals surface area contributed by atoms with Crippen LogP contribution in [-0.4, -0.2) is 6.54 Å². The molecule has 0 unspecified atom stereocenters. The molecule has 17 heavy (non-hydrogen) atoms. The van der Waals surface area contributed by atoms with E-state index in [9.17, 15) is 4.39 Å². The first-order valence-corrected chi connectivity index (χ1v) is 5.87. The molecule has 0 saturated carbocycles. The van der Waals surface area contributed by atoms with E-state index in [0.29, 0.717) is 0 Å². The molecule has 0 fully saturated rings. The van der Waals surface area contributed by atoms with Crippen LogP contribution in [0.1, 0.15) is 11.1 Å². The Morgan fingerprint density at radius 3 is 2.88 bits per heavy atom. The molecule has 0 bridgehead atoms. The van der Waals surface area contributed by atoms with E-state index in [1.54, 1.807) is 6.07 Å². The minimum atomic E-state index is -0.181. The number of benzene rings is 2. The Labute approximate surface area is 100 Å². The molecule has 0 aromatic heterocycles. The molecule has 0 radical (unpaired) electrons. The maximum Gasteiger partial charge on any atom is 0.123 e. The fraction of sp³-hybridized carbons (Fsp3) is 0.200. The molecule has 0 atom stereocenters. The van der Waals surface area contributed by atoms with Crippen LogP contribution in [0.4, 0.5) is 10.1 Å². The van der Waals surface area contributed by atoms with Crippen molar-refractivity contribution >= 4 is 5.69 Å². The zero-order chi connectivity index (χ0) is 11.8. The third-order valence-electron chi connectivity index (χ3n) is 3.33. The molecule has 1 aliphatic rings. The Kier molecular flexibility index (Phi) is 2.36. The van der Waals surface area contributed by atoms with Crippen LogP contribution in [0.15, 0.2) is 36.4 Å². The van der Waals surface area contributed by atoms with Gasteiger partial charge < -0.3 is 5.32 Å². The van der Waals surface area contributed by atoms with Gasteiger partial charge in [0.2, 0.25) is 0 Å². The van der Waals surface area contributed by atoms with Gasteiger partial charge in [0.05, 0.1) is 0 Å². The Morgan fingerprint density at radius 1 is 1.12 bits per heavy atom. The van der Waals surface area contributed by atoms with E-state index in [0.717, 1.165) is 29.7 Å². The van der Waals surface area contributed by atoms with Crippen molar-refractivity contribution in [3.8, 4) is 11.1 Å². The van der Waals surface area contributed by atoms with E-state index < -0.39 is 0 Å². The largest absolute Gasteiger partial charge is 0.384 e. The number of nitrogens with one attached hydrogen (secondary N) is 1. The van der Waals surface area contributed by atoms with Crippen LogP contribution in [-0.2, 0) is 6.42 Å². The molecular formula is C15H14FN. The molecule has 86 valence electrons. The Bertz CT molecular complexity index is 575. The second kappa shape index (κ2) is 3.88. The van der Waals surface area contributed by atoms with Gasteiger partial charge in [-0.1, -0.05) is 18.2 Å². The highest BCUT2D eigenvalue weighted by molar-refractivity contribution is 5.73. The third-order valence-corrected chi connectivity index (χ3v) is 3.33. The molecule has 1 aliphatic heterocycles. The summed E-state index contributed by atoms with van der Waals surface area (Å²) in [5.74, 6) is -0.181.